The Hall–Kier alpha value is -0.470. The molecule has 0 heterocycles. The summed E-state index contributed by atoms with van der Waals surface area (Å²) in [5, 5.41) is 0.773. The minimum atomic E-state index is 0. The summed E-state index contributed by atoms with van der Waals surface area (Å²) >= 11 is 6.24. The van der Waals surface area contributed by atoms with Crippen LogP contribution in [0.15, 0.2) is 25.3 Å². The van der Waals surface area contributed by atoms with Crippen molar-refractivity contribution in [2.75, 3.05) is 26.2 Å². The monoisotopic (exact) mass is 250 g/mol. The fourth-order valence-electron chi connectivity index (χ4n) is 1.22. The van der Waals surface area contributed by atoms with E-state index >= 15 is 0 Å². The molecule has 0 saturated heterocycles. The second-order valence-electron chi connectivity index (χ2n) is 2.92. The van der Waals surface area contributed by atoms with Crippen LogP contribution in [0.4, 0.5) is 0 Å². The van der Waals surface area contributed by atoms with Crippen molar-refractivity contribution in [1.82, 2.24) is 4.90 Å². The summed E-state index contributed by atoms with van der Waals surface area (Å²) in [6, 6.07) is 0. The van der Waals surface area contributed by atoms with Crippen LogP contribution in [0.2, 0.25) is 0 Å². The van der Waals surface area contributed by atoms with E-state index in [2.05, 4.69) is 31.9 Å². The molecule has 4 heteroatoms. The highest BCUT2D eigenvalue weighted by molar-refractivity contribution is 6.63. The van der Waals surface area contributed by atoms with Crippen LogP contribution < -0.4 is 12.4 Å². The zero-order valence-corrected chi connectivity index (χ0v) is 11.1. The molecule has 88 valence electrons. The van der Waals surface area contributed by atoms with Gasteiger partial charge in [-0.05, 0) is 13.8 Å². The molecule has 0 aliphatic carbocycles. The predicted octanol–water partition coefficient (Wildman–Crippen LogP) is -0.688. The Balaban J connectivity index is 0. The van der Waals surface area contributed by atoms with Crippen LogP contribution in [0, 0.1) is 0 Å². The first-order chi connectivity index (χ1) is 6.71. The lowest BCUT2D eigenvalue weighted by atomic mass is 10.5. The number of rotatable bonds is 6. The van der Waals surface area contributed by atoms with E-state index in [0.29, 0.717) is 0 Å². The molecule has 0 radical (unpaired) electrons. The van der Waals surface area contributed by atoms with Crippen LogP contribution in [0.1, 0.15) is 13.8 Å². The second-order valence-corrected chi connectivity index (χ2v) is 3.26. The normalized spacial score (nSPS) is 8.73. The summed E-state index contributed by atoms with van der Waals surface area (Å²) in [6.07, 6.45) is 3.69. The standard InChI is InChI=1S/C11H20ClN2.ClH/c1-5-9-14(10-6-2)11(12)13(7-3)8-4;/h5-6H,1-2,7-10H2,3-4H3;1H/q+1;/p-1. The van der Waals surface area contributed by atoms with Gasteiger partial charge in [0.25, 0.3) is 0 Å². The van der Waals surface area contributed by atoms with Crippen molar-refractivity contribution in [2.24, 2.45) is 0 Å². The van der Waals surface area contributed by atoms with Gasteiger partial charge in [0.1, 0.15) is 13.1 Å². The molecule has 0 amide bonds. The molecule has 0 atom stereocenters. The number of halogens is 2. The first-order valence-electron chi connectivity index (χ1n) is 4.95. The molecule has 0 saturated carbocycles. The van der Waals surface area contributed by atoms with Crippen LogP contribution in [-0.2, 0) is 0 Å². The maximum absolute atomic E-state index is 6.24. The van der Waals surface area contributed by atoms with Crippen molar-refractivity contribution in [2.45, 2.75) is 13.8 Å². The summed E-state index contributed by atoms with van der Waals surface area (Å²) in [4.78, 5) is 2.11. The van der Waals surface area contributed by atoms with Crippen molar-refractivity contribution in [3.63, 3.8) is 0 Å². The molecular formula is C11H20Cl2N2. The van der Waals surface area contributed by atoms with Crippen molar-refractivity contribution >= 4 is 16.9 Å². The summed E-state index contributed by atoms with van der Waals surface area (Å²) in [5.41, 5.74) is 0. The van der Waals surface area contributed by atoms with E-state index in [0.717, 1.165) is 31.5 Å². The summed E-state index contributed by atoms with van der Waals surface area (Å²) in [7, 11) is 0. The lowest BCUT2D eigenvalue weighted by Gasteiger charge is -2.14. The Bertz CT molecular complexity index is 209. The molecule has 0 aromatic carbocycles. The molecule has 0 aliphatic heterocycles. The van der Waals surface area contributed by atoms with Crippen LogP contribution >= 0.6 is 11.6 Å². The largest absolute Gasteiger partial charge is 1.00 e. The molecule has 0 rings (SSSR count). The van der Waals surface area contributed by atoms with E-state index in [1.165, 1.54) is 0 Å². The third-order valence-electron chi connectivity index (χ3n) is 1.98. The number of amidine groups is 1. The van der Waals surface area contributed by atoms with Gasteiger partial charge in [-0.3, -0.25) is 4.90 Å². The van der Waals surface area contributed by atoms with Gasteiger partial charge in [-0.1, -0.05) is 25.3 Å². The summed E-state index contributed by atoms with van der Waals surface area (Å²) < 4.78 is 2.04. The molecule has 2 nitrogen and oxygen atoms in total. The topological polar surface area (TPSA) is 6.25 Å². The van der Waals surface area contributed by atoms with Crippen LogP contribution in [0.3, 0.4) is 0 Å². The SMILES string of the molecule is C=CC[N+](CC=C)=C(Cl)N(CC)CC.[Cl-]. The Labute approximate surface area is 104 Å². The Morgan fingerprint density at radius 1 is 1.20 bits per heavy atom. The van der Waals surface area contributed by atoms with Crippen LogP contribution in [-0.4, -0.2) is 40.9 Å². The fourth-order valence-corrected chi connectivity index (χ4v) is 1.60. The molecule has 0 N–H and O–H groups in total. The van der Waals surface area contributed by atoms with Crippen LogP contribution in [0.25, 0.3) is 0 Å². The van der Waals surface area contributed by atoms with Crippen molar-refractivity contribution < 1.29 is 17.0 Å². The summed E-state index contributed by atoms with van der Waals surface area (Å²) in [5.74, 6) is 0. The Morgan fingerprint density at radius 3 is 1.87 bits per heavy atom. The van der Waals surface area contributed by atoms with Gasteiger partial charge >= 0.3 is 5.29 Å². The number of nitrogens with zero attached hydrogens (tertiary/aromatic N) is 2. The minimum Gasteiger partial charge on any atom is -1.00 e. The fraction of sp³-hybridized carbons (Fsp3) is 0.545. The average molecular weight is 251 g/mol. The van der Waals surface area contributed by atoms with E-state index in [-0.39, 0.29) is 12.4 Å². The molecule has 15 heavy (non-hydrogen) atoms. The van der Waals surface area contributed by atoms with Gasteiger partial charge in [-0.25, -0.2) is 4.58 Å². The van der Waals surface area contributed by atoms with E-state index in [9.17, 15) is 0 Å². The Kier molecular flexibility index (Phi) is 11.4. The predicted molar refractivity (Wildman–Crippen MR) is 64.2 cm³/mol. The molecular weight excluding hydrogens is 231 g/mol. The third-order valence-corrected chi connectivity index (χ3v) is 2.46. The van der Waals surface area contributed by atoms with Crippen molar-refractivity contribution in [1.29, 1.82) is 0 Å². The highest BCUT2D eigenvalue weighted by Gasteiger charge is 2.15. The highest BCUT2D eigenvalue weighted by Crippen LogP contribution is 1.97. The first kappa shape index (κ1) is 16.9. The minimum absolute atomic E-state index is 0. The van der Waals surface area contributed by atoms with Gasteiger partial charge in [0, 0.05) is 11.6 Å². The highest BCUT2D eigenvalue weighted by atomic mass is 35.5. The van der Waals surface area contributed by atoms with Gasteiger partial charge in [0.15, 0.2) is 0 Å². The maximum Gasteiger partial charge on any atom is 0.345 e. The maximum atomic E-state index is 6.24. The average Bonchev–Trinajstić information content (AvgIpc) is 2.19. The van der Waals surface area contributed by atoms with Gasteiger partial charge in [0.05, 0.1) is 13.1 Å². The van der Waals surface area contributed by atoms with Crippen molar-refractivity contribution in [3.8, 4) is 0 Å². The quantitative estimate of drug-likeness (QED) is 0.199. The van der Waals surface area contributed by atoms with Gasteiger partial charge in [-0.2, -0.15) is 0 Å². The lowest BCUT2D eigenvalue weighted by molar-refractivity contribution is -0.509. The van der Waals surface area contributed by atoms with Crippen molar-refractivity contribution in [3.05, 3.63) is 25.3 Å². The zero-order chi connectivity index (χ0) is 11.0. The molecule has 0 unspecified atom stereocenters. The Morgan fingerprint density at radius 2 is 1.60 bits per heavy atom. The molecule has 0 bridgehead atoms. The third kappa shape index (κ3) is 5.85. The molecule has 0 aromatic rings. The second kappa shape index (κ2) is 10.1. The van der Waals surface area contributed by atoms with E-state index < -0.39 is 0 Å². The summed E-state index contributed by atoms with van der Waals surface area (Å²) in [6.45, 7) is 14.9. The van der Waals surface area contributed by atoms with Gasteiger partial charge in [-0.15, -0.1) is 0 Å². The van der Waals surface area contributed by atoms with E-state index in [1.54, 1.807) is 0 Å². The molecule has 0 aliphatic rings. The van der Waals surface area contributed by atoms with Gasteiger partial charge < -0.3 is 12.4 Å². The van der Waals surface area contributed by atoms with Crippen LogP contribution in [0.5, 0.6) is 0 Å². The van der Waals surface area contributed by atoms with E-state index in [1.807, 2.05) is 16.7 Å². The lowest BCUT2D eigenvalue weighted by Crippen LogP contribution is -3.00. The van der Waals surface area contributed by atoms with E-state index in [4.69, 9.17) is 11.6 Å². The number of hydrogen-bond donors (Lipinski definition) is 0. The van der Waals surface area contributed by atoms with Gasteiger partial charge in [0.2, 0.25) is 0 Å². The molecule has 0 spiro atoms. The molecule has 0 fully saturated rings. The zero-order valence-electron chi connectivity index (χ0n) is 9.55. The molecule has 0 aromatic heterocycles. The first-order valence-corrected chi connectivity index (χ1v) is 5.33. The number of hydrogen-bond acceptors (Lipinski definition) is 0. The smallest absolute Gasteiger partial charge is 0.345 e.